The van der Waals surface area contributed by atoms with Crippen molar-refractivity contribution in [3.8, 4) is 16.9 Å². The normalized spacial score (nSPS) is 11.0. The number of hydrogen-bond donors (Lipinski definition) is 0. The molecule has 2 heterocycles. The average molecular weight is 410 g/mol. The number of aryl methyl sites for hydroxylation is 2. The van der Waals surface area contributed by atoms with Crippen LogP contribution in [0.15, 0.2) is 53.2 Å². The Kier molecular flexibility index (Phi) is 4.90. The summed E-state index contributed by atoms with van der Waals surface area (Å²) in [6, 6.07) is 13.2. The van der Waals surface area contributed by atoms with Crippen LogP contribution in [-0.2, 0) is 6.61 Å². The summed E-state index contributed by atoms with van der Waals surface area (Å²) in [5.74, 6) is 1.15. The van der Waals surface area contributed by atoms with Gasteiger partial charge < -0.3 is 9.26 Å². The minimum atomic E-state index is -0.554. The molecule has 0 saturated heterocycles. The summed E-state index contributed by atoms with van der Waals surface area (Å²) in [6.45, 7) is 3.98. The van der Waals surface area contributed by atoms with Gasteiger partial charge in [0.25, 0.3) is 0 Å². The highest BCUT2D eigenvalue weighted by Gasteiger charge is 2.22. The van der Waals surface area contributed by atoms with Crippen molar-refractivity contribution >= 4 is 28.2 Å². The maximum atomic E-state index is 11.2. The largest absolute Gasteiger partial charge is 0.488 e. The minimum absolute atomic E-state index is 0.0230. The van der Waals surface area contributed by atoms with Crippen LogP contribution < -0.4 is 4.74 Å². The molecule has 8 heteroatoms. The van der Waals surface area contributed by atoms with Crippen molar-refractivity contribution < 1.29 is 14.2 Å². The maximum Gasteiger partial charge on any atom is 0.306 e. The van der Waals surface area contributed by atoms with Crippen molar-refractivity contribution in [1.82, 2.24) is 10.1 Å². The lowest BCUT2D eigenvalue weighted by molar-refractivity contribution is -0.384. The number of rotatable bonds is 5. The highest BCUT2D eigenvalue weighted by molar-refractivity contribution is 6.37. The van der Waals surface area contributed by atoms with Gasteiger partial charge in [-0.1, -0.05) is 47.1 Å². The summed E-state index contributed by atoms with van der Waals surface area (Å²) < 4.78 is 11.4. The number of nitrogens with zero attached hydrogens (tertiary/aromatic N) is 3. The molecule has 0 fully saturated rings. The van der Waals surface area contributed by atoms with Gasteiger partial charge in [-0.25, -0.2) is 4.98 Å². The molecule has 0 bridgehead atoms. The number of pyridine rings is 1. The molecule has 0 aliphatic carbocycles. The number of nitro groups is 1. The van der Waals surface area contributed by atoms with Crippen LogP contribution in [0, 0.1) is 24.0 Å². The second-order valence-corrected chi connectivity index (χ2v) is 6.93. The van der Waals surface area contributed by atoms with E-state index in [4.69, 9.17) is 20.9 Å². The summed E-state index contributed by atoms with van der Waals surface area (Å²) in [5.41, 5.74) is 3.49. The number of benzene rings is 2. The van der Waals surface area contributed by atoms with Crippen molar-refractivity contribution in [2.45, 2.75) is 20.5 Å². The van der Waals surface area contributed by atoms with Crippen molar-refractivity contribution in [3.05, 3.63) is 80.8 Å². The van der Waals surface area contributed by atoms with Gasteiger partial charge in [-0.3, -0.25) is 10.1 Å². The van der Waals surface area contributed by atoms with Crippen LogP contribution in [0.25, 0.3) is 22.0 Å². The van der Waals surface area contributed by atoms with Crippen molar-refractivity contribution in [3.63, 3.8) is 0 Å². The Bertz CT molecular complexity index is 1200. The Hall–Kier alpha value is -3.45. The first-order valence-electron chi connectivity index (χ1n) is 8.82. The van der Waals surface area contributed by atoms with Gasteiger partial charge in [0.1, 0.15) is 29.3 Å². The molecular formula is C21H16ClN3O4. The third kappa shape index (κ3) is 3.52. The molecule has 2 aromatic carbocycles. The van der Waals surface area contributed by atoms with E-state index in [2.05, 4.69) is 10.1 Å². The molecule has 0 amide bonds. The zero-order valence-corrected chi connectivity index (χ0v) is 16.4. The number of aromatic nitrogens is 2. The van der Waals surface area contributed by atoms with Crippen molar-refractivity contribution in [2.24, 2.45) is 0 Å². The lowest BCUT2D eigenvalue weighted by atomic mass is 10.0. The van der Waals surface area contributed by atoms with Crippen LogP contribution in [0.2, 0.25) is 5.02 Å². The molecule has 0 atom stereocenters. The molecule has 4 rings (SSSR count). The lowest BCUT2D eigenvalue weighted by Gasteiger charge is -2.14. The third-order valence-electron chi connectivity index (χ3n) is 4.62. The molecule has 0 N–H and O–H groups in total. The van der Waals surface area contributed by atoms with E-state index in [9.17, 15) is 10.1 Å². The second kappa shape index (κ2) is 7.52. The molecule has 0 aliphatic heterocycles. The van der Waals surface area contributed by atoms with Crippen molar-refractivity contribution in [1.29, 1.82) is 0 Å². The molecule has 7 nitrogen and oxygen atoms in total. The molecule has 0 aliphatic rings. The van der Waals surface area contributed by atoms with Crippen molar-refractivity contribution in [2.75, 3.05) is 0 Å². The molecule has 4 aromatic rings. The van der Waals surface area contributed by atoms with E-state index >= 15 is 0 Å². The van der Waals surface area contributed by atoms with Crippen LogP contribution in [-0.4, -0.2) is 15.1 Å². The first kappa shape index (κ1) is 18.9. The van der Waals surface area contributed by atoms with E-state index in [-0.39, 0.29) is 10.7 Å². The fraction of sp³-hybridized carbons (Fsp3) is 0.143. The first-order chi connectivity index (χ1) is 14.0. The third-order valence-corrected chi connectivity index (χ3v) is 5.02. The Balaban J connectivity index is 1.89. The Labute approximate surface area is 171 Å². The van der Waals surface area contributed by atoms with Gasteiger partial charge in [0.05, 0.1) is 21.7 Å². The maximum absolute atomic E-state index is 11.2. The predicted molar refractivity (Wildman–Crippen MR) is 109 cm³/mol. The highest BCUT2D eigenvalue weighted by atomic mass is 35.5. The van der Waals surface area contributed by atoms with Gasteiger partial charge in [0.15, 0.2) is 0 Å². The summed E-state index contributed by atoms with van der Waals surface area (Å²) >= 11 is 6.30. The zero-order chi connectivity index (χ0) is 20.5. The van der Waals surface area contributed by atoms with E-state index in [1.807, 2.05) is 44.2 Å². The zero-order valence-electron chi connectivity index (χ0n) is 15.7. The summed E-state index contributed by atoms with van der Waals surface area (Å²) in [5, 5.41) is 15.7. The van der Waals surface area contributed by atoms with Gasteiger partial charge in [0.2, 0.25) is 0 Å². The second-order valence-electron chi connectivity index (χ2n) is 6.55. The van der Waals surface area contributed by atoms with E-state index in [0.717, 1.165) is 22.9 Å². The topological polar surface area (TPSA) is 91.3 Å². The molecule has 0 unspecified atom stereocenters. The standard InChI is InChI=1S/C21H16ClN3O4/c1-12-20(13(2)29-24-12)16-8-17-15(21(22)18(10-23-17)25(26)27)9-19(16)28-11-14-6-4-3-5-7-14/h3-10H,11H2,1-2H3. The summed E-state index contributed by atoms with van der Waals surface area (Å²) in [7, 11) is 0. The van der Waals surface area contributed by atoms with E-state index in [0.29, 0.717) is 34.7 Å². The number of ether oxygens (including phenoxy) is 1. The van der Waals surface area contributed by atoms with Crippen LogP contribution in [0.3, 0.4) is 0 Å². The molecule has 2 aromatic heterocycles. The van der Waals surface area contributed by atoms with Gasteiger partial charge in [-0.15, -0.1) is 0 Å². The van der Waals surface area contributed by atoms with E-state index in [1.165, 1.54) is 0 Å². The number of fused-ring (bicyclic) bond motifs is 1. The van der Waals surface area contributed by atoms with Gasteiger partial charge in [-0.05, 0) is 31.5 Å². The van der Waals surface area contributed by atoms with Crippen LogP contribution >= 0.6 is 11.6 Å². The van der Waals surface area contributed by atoms with Crippen LogP contribution in [0.4, 0.5) is 5.69 Å². The predicted octanol–water partition coefficient (Wildman–Crippen LogP) is 5.65. The van der Waals surface area contributed by atoms with Gasteiger partial charge in [0, 0.05) is 10.9 Å². The molecule has 0 radical (unpaired) electrons. The smallest absolute Gasteiger partial charge is 0.306 e. The molecular weight excluding hydrogens is 394 g/mol. The fourth-order valence-electron chi connectivity index (χ4n) is 3.22. The number of halogens is 1. The number of hydrogen-bond acceptors (Lipinski definition) is 6. The Morgan fingerprint density at radius 1 is 1.21 bits per heavy atom. The van der Waals surface area contributed by atoms with Crippen LogP contribution in [0.1, 0.15) is 17.0 Å². The van der Waals surface area contributed by atoms with E-state index in [1.54, 1.807) is 12.1 Å². The molecule has 29 heavy (non-hydrogen) atoms. The first-order valence-corrected chi connectivity index (χ1v) is 9.20. The Morgan fingerprint density at radius 2 is 1.97 bits per heavy atom. The Morgan fingerprint density at radius 3 is 2.62 bits per heavy atom. The highest BCUT2D eigenvalue weighted by Crippen LogP contribution is 2.41. The quantitative estimate of drug-likeness (QED) is 0.312. The SMILES string of the molecule is Cc1noc(C)c1-c1cc2ncc([N+](=O)[O-])c(Cl)c2cc1OCc1ccccc1. The summed E-state index contributed by atoms with van der Waals surface area (Å²) in [4.78, 5) is 14.9. The lowest BCUT2D eigenvalue weighted by Crippen LogP contribution is -1.99. The van der Waals surface area contributed by atoms with Gasteiger partial charge >= 0.3 is 5.69 Å². The van der Waals surface area contributed by atoms with Gasteiger partial charge in [-0.2, -0.15) is 0 Å². The fourth-order valence-corrected chi connectivity index (χ4v) is 3.49. The average Bonchev–Trinajstić information content (AvgIpc) is 3.05. The summed E-state index contributed by atoms with van der Waals surface area (Å²) in [6.07, 6.45) is 1.16. The monoisotopic (exact) mass is 409 g/mol. The molecule has 0 saturated carbocycles. The minimum Gasteiger partial charge on any atom is -0.488 e. The van der Waals surface area contributed by atoms with E-state index < -0.39 is 4.92 Å². The molecule has 0 spiro atoms. The molecule has 146 valence electrons. The van der Waals surface area contributed by atoms with Crippen LogP contribution in [0.5, 0.6) is 5.75 Å².